The maximum Gasteiger partial charge on any atom is 0.335 e. The van der Waals surface area contributed by atoms with Gasteiger partial charge in [0.25, 0.3) is 5.91 Å². The highest BCUT2D eigenvalue weighted by molar-refractivity contribution is 9.10. The number of benzene rings is 1. The summed E-state index contributed by atoms with van der Waals surface area (Å²) in [5, 5.41) is 11.5. The normalized spacial score (nSPS) is 11.6. The van der Waals surface area contributed by atoms with E-state index in [2.05, 4.69) is 21.2 Å². The molecule has 0 aromatic heterocycles. The number of nitrogens with zero attached hydrogens (tertiary/aromatic N) is 1. The second-order valence-corrected chi connectivity index (χ2v) is 5.65. The first-order chi connectivity index (χ1) is 9.76. The molecule has 0 aliphatic heterocycles. The SMILES string of the molecule is CNC(=O)C(C)CN(C)C(=O)c1cc(Br)cc(C(=O)O)c1. The summed E-state index contributed by atoms with van der Waals surface area (Å²) >= 11 is 3.19. The number of nitrogens with one attached hydrogen (secondary N) is 1. The summed E-state index contributed by atoms with van der Waals surface area (Å²) < 4.78 is 0.512. The van der Waals surface area contributed by atoms with Crippen molar-refractivity contribution in [1.29, 1.82) is 0 Å². The first kappa shape index (κ1) is 17.2. The van der Waals surface area contributed by atoms with Crippen LogP contribution in [-0.4, -0.2) is 48.4 Å². The van der Waals surface area contributed by atoms with Gasteiger partial charge in [0, 0.05) is 30.7 Å². The molecular weight excluding hydrogens is 340 g/mol. The Kier molecular flexibility index (Phi) is 5.90. The molecule has 2 amide bonds. The first-order valence-electron chi connectivity index (χ1n) is 6.27. The van der Waals surface area contributed by atoms with Crippen molar-refractivity contribution in [2.24, 2.45) is 5.92 Å². The third kappa shape index (κ3) is 4.56. The van der Waals surface area contributed by atoms with Gasteiger partial charge in [-0.05, 0) is 18.2 Å². The quantitative estimate of drug-likeness (QED) is 0.838. The molecular formula is C14H17BrN2O4. The Labute approximate surface area is 131 Å². The number of carbonyl (C=O) groups excluding carboxylic acids is 2. The molecule has 6 nitrogen and oxygen atoms in total. The third-order valence-electron chi connectivity index (χ3n) is 2.98. The average molecular weight is 357 g/mol. The van der Waals surface area contributed by atoms with Gasteiger partial charge in [-0.3, -0.25) is 9.59 Å². The Hall–Kier alpha value is -1.89. The predicted molar refractivity (Wildman–Crippen MR) is 81.3 cm³/mol. The minimum Gasteiger partial charge on any atom is -0.478 e. The summed E-state index contributed by atoms with van der Waals surface area (Å²) in [6.45, 7) is 1.96. The monoisotopic (exact) mass is 356 g/mol. The van der Waals surface area contributed by atoms with E-state index in [0.29, 0.717) is 4.47 Å². The fourth-order valence-electron chi connectivity index (χ4n) is 1.88. The molecule has 1 aromatic rings. The van der Waals surface area contributed by atoms with E-state index < -0.39 is 5.97 Å². The third-order valence-corrected chi connectivity index (χ3v) is 3.44. The van der Waals surface area contributed by atoms with Gasteiger partial charge in [0.05, 0.1) is 11.5 Å². The highest BCUT2D eigenvalue weighted by Crippen LogP contribution is 2.17. The van der Waals surface area contributed by atoms with Gasteiger partial charge in [0.1, 0.15) is 0 Å². The Bertz CT molecular complexity index is 574. The van der Waals surface area contributed by atoms with Crippen LogP contribution in [0.2, 0.25) is 0 Å². The fourth-order valence-corrected chi connectivity index (χ4v) is 2.37. The van der Waals surface area contributed by atoms with Crippen LogP contribution >= 0.6 is 15.9 Å². The summed E-state index contributed by atoms with van der Waals surface area (Å²) in [5.74, 6) is -1.95. The lowest BCUT2D eigenvalue weighted by atomic mass is 10.1. The number of carboxylic acid groups (broad SMARTS) is 1. The molecule has 21 heavy (non-hydrogen) atoms. The maximum absolute atomic E-state index is 12.3. The molecule has 1 rings (SSSR count). The van der Waals surface area contributed by atoms with Crippen LogP contribution in [0.1, 0.15) is 27.6 Å². The van der Waals surface area contributed by atoms with Crippen molar-refractivity contribution in [3.63, 3.8) is 0 Å². The van der Waals surface area contributed by atoms with Gasteiger partial charge in [0.2, 0.25) is 5.91 Å². The summed E-state index contributed by atoms with van der Waals surface area (Å²) in [7, 11) is 3.11. The van der Waals surface area contributed by atoms with E-state index in [0.717, 1.165) is 0 Å². The smallest absolute Gasteiger partial charge is 0.335 e. The van der Waals surface area contributed by atoms with E-state index in [1.165, 1.54) is 24.1 Å². The average Bonchev–Trinajstić information content (AvgIpc) is 2.44. The van der Waals surface area contributed by atoms with Crippen LogP contribution < -0.4 is 5.32 Å². The standard InChI is InChI=1S/C14H17BrN2O4/c1-8(12(18)16-2)7-17(3)13(19)9-4-10(14(20)21)6-11(15)5-9/h4-6,8H,7H2,1-3H3,(H,16,18)(H,20,21). The van der Waals surface area contributed by atoms with E-state index in [-0.39, 0.29) is 35.4 Å². The van der Waals surface area contributed by atoms with Gasteiger partial charge >= 0.3 is 5.97 Å². The number of hydrogen-bond acceptors (Lipinski definition) is 3. The molecule has 1 unspecified atom stereocenters. The van der Waals surface area contributed by atoms with E-state index in [9.17, 15) is 14.4 Å². The molecule has 0 aliphatic carbocycles. The molecule has 114 valence electrons. The molecule has 0 heterocycles. The zero-order valence-corrected chi connectivity index (χ0v) is 13.6. The highest BCUT2D eigenvalue weighted by Gasteiger charge is 2.19. The lowest BCUT2D eigenvalue weighted by Gasteiger charge is -2.21. The molecule has 0 aliphatic rings. The number of carboxylic acids is 1. The fraction of sp³-hybridized carbons (Fsp3) is 0.357. The molecule has 0 bridgehead atoms. The van der Waals surface area contributed by atoms with Gasteiger partial charge in [-0.25, -0.2) is 4.79 Å². The summed E-state index contributed by atoms with van der Waals surface area (Å²) in [5.41, 5.74) is 0.286. The van der Waals surface area contributed by atoms with E-state index in [1.54, 1.807) is 20.0 Å². The van der Waals surface area contributed by atoms with Crippen LogP contribution in [0.5, 0.6) is 0 Å². The number of halogens is 1. The Morgan fingerprint density at radius 1 is 1.29 bits per heavy atom. The number of rotatable bonds is 5. The molecule has 0 saturated heterocycles. The largest absolute Gasteiger partial charge is 0.478 e. The van der Waals surface area contributed by atoms with Crippen molar-refractivity contribution in [1.82, 2.24) is 10.2 Å². The number of hydrogen-bond donors (Lipinski definition) is 2. The van der Waals surface area contributed by atoms with Gasteiger partial charge in [-0.1, -0.05) is 22.9 Å². The maximum atomic E-state index is 12.3. The van der Waals surface area contributed by atoms with Crippen molar-refractivity contribution in [2.45, 2.75) is 6.92 Å². The van der Waals surface area contributed by atoms with Gasteiger partial charge < -0.3 is 15.3 Å². The van der Waals surface area contributed by atoms with Crippen molar-refractivity contribution in [3.8, 4) is 0 Å². The number of aromatic carboxylic acids is 1. The zero-order chi connectivity index (χ0) is 16.2. The van der Waals surface area contributed by atoms with Crippen LogP contribution in [0, 0.1) is 5.92 Å². The minimum absolute atomic E-state index is 0.0282. The predicted octanol–water partition coefficient (Wildman–Crippen LogP) is 1.60. The van der Waals surface area contributed by atoms with Crippen LogP contribution in [0.25, 0.3) is 0 Å². The topological polar surface area (TPSA) is 86.7 Å². The van der Waals surface area contributed by atoms with Crippen molar-refractivity contribution in [2.75, 3.05) is 20.6 Å². The summed E-state index contributed by atoms with van der Waals surface area (Å²) in [6.07, 6.45) is 0. The van der Waals surface area contributed by atoms with Gasteiger partial charge in [-0.15, -0.1) is 0 Å². The van der Waals surface area contributed by atoms with Crippen molar-refractivity contribution >= 4 is 33.7 Å². The number of amides is 2. The van der Waals surface area contributed by atoms with Gasteiger partial charge in [0.15, 0.2) is 0 Å². The Morgan fingerprint density at radius 3 is 2.38 bits per heavy atom. The summed E-state index contributed by atoms with van der Waals surface area (Å²) in [4.78, 5) is 36.2. The second kappa shape index (κ2) is 7.21. The Morgan fingerprint density at radius 2 is 1.86 bits per heavy atom. The number of carbonyl (C=O) groups is 3. The highest BCUT2D eigenvalue weighted by atomic mass is 79.9. The minimum atomic E-state index is -1.10. The second-order valence-electron chi connectivity index (χ2n) is 4.73. The molecule has 2 N–H and O–H groups in total. The molecule has 7 heteroatoms. The van der Waals surface area contributed by atoms with Crippen LogP contribution in [0.4, 0.5) is 0 Å². The lowest BCUT2D eigenvalue weighted by Crippen LogP contribution is -2.37. The summed E-state index contributed by atoms with van der Waals surface area (Å²) in [6, 6.07) is 4.29. The van der Waals surface area contributed by atoms with E-state index in [1.807, 2.05) is 0 Å². The lowest BCUT2D eigenvalue weighted by molar-refractivity contribution is -0.124. The molecule has 1 aromatic carbocycles. The molecule has 0 radical (unpaired) electrons. The Balaban J connectivity index is 2.92. The van der Waals surface area contributed by atoms with Crippen LogP contribution in [-0.2, 0) is 4.79 Å². The van der Waals surface area contributed by atoms with Crippen molar-refractivity contribution < 1.29 is 19.5 Å². The zero-order valence-electron chi connectivity index (χ0n) is 12.0. The van der Waals surface area contributed by atoms with Crippen LogP contribution in [0.15, 0.2) is 22.7 Å². The van der Waals surface area contributed by atoms with Crippen LogP contribution in [0.3, 0.4) is 0 Å². The molecule has 0 fully saturated rings. The molecule has 0 saturated carbocycles. The molecule has 1 atom stereocenters. The molecule has 0 spiro atoms. The van der Waals surface area contributed by atoms with Gasteiger partial charge in [-0.2, -0.15) is 0 Å². The van der Waals surface area contributed by atoms with E-state index in [4.69, 9.17) is 5.11 Å². The first-order valence-corrected chi connectivity index (χ1v) is 7.06. The van der Waals surface area contributed by atoms with Crippen molar-refractivity contribution in [3.05, 3.63) is 33.8 Å². The van der Waals surface area contributed by atoms with E-state index >= 15 is 0 Å².